The fraction of sp³-hybridized carbons (Fsp3) is 0.0741. The number of ether oxygens (including phenoxy) is 1. The van der Waals surface area contributed by atoms with E-state index < -0.39 is 23.4 Å². The van der Waals surface area contributed by atoms with Gasteiger partial charge in [-0.1, -0.05) is 54.1 Å². The summed E-state index contributed by atoms with van der Waals surface area (Å²) < 4.78 is 76.9. The lowest BCUT2D eigenvalue weighted by Gasteiger charge is -2.12. The average Bonchev–Trinajstić information content (AvgIpc) is 3.20. The van der Waals surface area contributed by atoms with E-state index in [0.717, 1.165) is 12.1 Å². The molecule has 0 bridgehead atoms. The van der Waals surface area contributed by atoms with E-state index in [9.17, 15) is 22.0 Å². The Balaban J connectivity index is 1.67. The summed E-state index contributed by atoms with van der Waals surface area (Å²) in [6.07, 6.45) is -4.64. The Labute approximate surface area is 207 Å². The van der Waals surface area contributed by atoms with E-state index in [1.165, 1.54) is 47.1 Å². The summed E-state index contributed by atoms with van der Waals surface area (Å²) in [7, 11) is 0. The summed E-state index contributed by atoms with van der Waals surface area (Å²) in [4.78, 5) is 0. The van der Waals surface area contributed by atoms with Crippen molar-refractivity contribution in [3.63, 3.8) is 0 Å². The topological polar surface area (TPSA) is 27.1 Å². The summed E-state index contributed by atoms with van der Waals surface area (Å²) in [6, 6.07) is 20.1. The third-order valence-electron chi connectivity index (χ3n) is 5.58. The molecular formula is C27H16ClF5N2O. The molecule has 0 saturated heterocycles. The molecule has 0 atom stereocenters. The van der Waals surface area contributed by atoms with Crippen molar-refractivity contribution in [1.82, 2.24) is 9.78 Å². The second-order valence-corrected chi connectivity index (χ2v) is 8.44. The van der Waals surface area contributed by atoms with E-state index >= 15 is 0 Å². The normalized spacial score (nSPS) is 11.7. The third-order valence-corrected chi connectivity index (χ3v) is 5.82. The minimum absolute atomic E-state index is 0.00407. The van der Waals surface area contributed by atoms with Gasteiger partial charge in [-0.15, -0.1) is 0 Å². The summed E-state index contributed by atoms with van der Waals surface area (Å²) in [5.41, 5.74) is -0.199. The number of rotatable bonds is 5. The number of benzene rings is 4. The molecule has 0 N–H and O–H groups in total. The molecule has 3 nitrogen and oxygen atoms in total. The molecular weight excluding hydrogens is 499 g/mol. The first-order valence-electron chi connectivity index (χ1n) is 10.7. The molecule has 0 amide bonds. The molecule has 36 heavy (non-hydrogen) atoms. The SMILES string of the molecule is Fc1cc(Cl)ccc1Cn1nc2c(C(F)(F)F)cccc2c1-c1cccc(Oc2ccccc2F)c1. The first-order valence-corrected chi connectivity index (χ1v) is 11.1. The molecule has 0 unspecified atom stereocenters. The van der Waals surface area contributed by atoms with Crippen LogP contribution in [0, 0.1) is 11.6 Å². The molecule has 1 aromatic heterocycles. The van der Waals surface area contributed by atoms with Gasteiger partial charge >= 0.3 is 6.18 Å². The predicted octanol–water partition coefficient (Wildman–Crippen LogP) is 8.49. The van der Waals surface area contributed by atoms with Gasteiger partial charge in [0, 0.05) is 21.5 Å². The monoisotopic (exact) mass is 514 g/mol. The number of halogens is 6. The quantitative estimate of drug-likeness (QED) is 0.220. The Morgan fingerprint density at radius 1 is 0.833 bits per heavy atom. The average molecular weight is 515 g/mol. The van der Waals surface area contributed by atoms with E-state index in [1.54, 1.807) is 30.3 Å². The van der Waals surface area contributed by atoms with Gasteiger partial charge in [0.25, 0.3) is 0 Å². The number of hydrogen-bond donors (Lipinski definition) is 0. The molecule has 0 fully saturated rings. The van der Waals surface area contributed by atoms with Crippen LogP contribution in [0.3, 0.4) is 0 Å². The molecule has 0 aliphatic carbocycles. The van der Waals surface area contributed by atoms with Crippen LogP contribution in [0.1, 0.15) is 11.1 Å². The molecule has 0 saturated carbocycles. The molecule has 0 spiro atoms. The Hall–Kier alpha value is -3.91. The predicted molar refractivity (Wildman–Crippen MR) is 127 cm³/mol. The van der Waals surface area contributed by atoms with Crippen LogP contribution >= 0.6 is 11.6 Å². The van der Waals surface area contributed by atoms with Gasteiger partial charge in [-0.3, -0.25) is 4.68 Å². The first-order chi connectivity index (χ1) is 17.2. The minimum Gasteiger partial charge on any atom is -0.454 e. The zero-order valence-electron chi connectivity index (χ0n) is 18.4. The van der Waals surface area contributed by atoms with Crippen LogP contribution in [0.5, 0.6) is 11.5 Å². The van der Waals surface area contributed by atoms with Crippen LogP contribution in [0.4, 0.5) is 22.0 Å². The standard InChI is InChI=1S/C27H16ClF5N2O/c28-18-12-11-17(23(30)14-18)15-35-26(20-7-4-8-21(25(20)34-35)27(31,32)33)16-5-3-6-19(13-16)36-24-10-2-1-9-22(24)29/h1-14H,15H2. The van der Waals surface area contributed by atoms with Crippen molar-refractivity contribution in [2.24, 2.45) is 0 Å². The Morgan fingerprint density at radius 3 is 2.36 bits per heavy atom. The van der Waals surface area contributed by atoms with Crippen molar-refractivity contribution in [2.75, 3.05) is 0 Å². The van der Waals surface area contributed by atoms with Crippen molar-refractivity contribution in [2.45, 2.75) is 12.7 Å². The van der Waals surface area contributed by atoms with E-state index in [2.05, 4.69) is 5.10 Å². The van der Waals surface area contributed by atoms with Gasteiger partial charge in [0.05, 0.1) is 17.8 Å². The van der Waals surface area contributed by atoms with Crippen molar-refractivity contribution in [3.8, 4) is 22.8 Å². The lowest BCUT2D eigenvalue weighted by molar-refractivity contribution is -0.136. The van der Waals surface area contributed by atoms with Gasteiger partial charge in [-0.05, 0) is 42.5 Å². The van der Waals surface area contributed by atoms with Crippen LogP contribution in [-0.2, 0) is 12.7 Å². The number of hydrogen-bond acceptors (Lipinski definition) is 2. The fourth-order valence-electron chi connectivity index (χ4n) is 3.97. The largest absolute Gasteiger partial charge is 0.454 e. The number of fused-ring (bicyclic) bond motifs is 1. The number of alkyl halides is 3. The number of aromatic nitrogens is 2. The lowest BCUT2D eigenvalue weighted by Crippen LogP contribution is -2.07. The molecule has 0 aliphatic heterocycles. The molecule has 0 aliphatic rings. The zero-order chi connectivity index (χ0) is 25.4. The highest BCUT2D eigenvalue weighted by Gasteiger charge is 2.34. The first kappa shape index (κ1) is 23.8. The molecule has 1 heterocycles. The Kier molecular flexibility index (Phi) is 6.14. The number of para-hydroxylation sites is 1. The number of nitrogens with zero attached hydrogens (tertiary/aromatic N) is 2. The highest BCUT2D eigenvalue weighted by Crippen LogP contribution is 2.39. The van der Waals surface area contributed by atoms with Crippen LogP contribution in [-0.4, -0.2) is 9.78 Å². The van der Waals surface area contributed by atoms with E-state index in [0.29, 0.717) is 11.3 Å². The summed E-state index contributed by atoms with van der Waals surface area (Å²) in [5.74, 6) is -0.911. The van der Waals surface area contributed by atoms with E-state index in [-0.39, 0.29) is 39.5 Å². The Morgan fingerprint density at radius 2 is 1.61 bits per heavy atom. The lowest BCUT2D eigenvalue weighted by atomic mass is 10.0. The van der Waals surface area contributed by atoms with Gasteiger partial charge in [-0.25, -0.2) is 8.78 Å². The minimum atomic E-state index is -4.64. The summed E-state index contributed by atoms with van der Waals surface area (Å²) >= 11 is 5.85. The molecule has 9 heteroatoms. The summed E-state index contributed by atoms with van der Waals surface area (Å²) in [6.45, 7) is -0.150. The zero-order valence-corrected chi connectivity index (χ0v) is 19.1. The second-order valence-electron chi connectivity index (χ2n) is 8.00. The van der Waals surface area contributed by atoms with Crippen molar-refractivity contribution in [3.05, 3.63) is 113 Å². The maximum atomic E-state index is 14.6. The highest BCUT2D eigenvalue weighted by atomic mass is 35.5. The van der Waals surface area contributed by atoms with Crippen molar-refractivity contribution >= 4 is 22.5 Å². The Bertz CT molecular complexity index is 1580. The molecule has 4 aromatic carbocycles. The van der Waals surface area contributed by atoms with E-state index in [1.807, 2.05) is 0 Å². The van der Waals surface area contributed by atoms with Gasteiger partial charge in [0.15, 0.2) is 11.6 Å². The third kappa shape index (κ3) is 4.64. The van der Waals surface area contributed by atoms with Crippen molar-refractivity contribution in [1.29, 1.82) is 0 Å². The maximum absolute atomic E-state index is 14.6. The smallest absolute Gasteiger partial charge is 0.418 e. The van der Waals surface area contributed by atoms with Crippen LogP contribution in [0.25, 0.3) is 22.2 Å². The molecule has 0 radical (unpaired) electrons. The van der Waals surface area contributed by atoms with Gasteiger partial charge < -0.3 is 4.74 Å². The van der Waals surface area contributed by atoms with Gasteiger partial charge in [0.1, 0.15) is 17.1 Å². The van der Waals surface area contributed by atoms with Crippen LogP contribution < -0.4 is 4.74 Å². The summed E-state index contributed by atoms with van der Waals surface area (Å²) in [5, 5.41) is 4.66. The second kappa shape index (κ2) is 9.28. The molecule has 182 valence electrons. The maximum Gasteiger partial charge on any atom is 0.418 e. The van der Waals surface area contributed by atoms with Gasteiger partial charge in [-0.2, -0.15) is 18.3 Å². The molecule has 5 rings (SSSR count). The van der Waals surface area contributed by atoms with Crippen LogP contribution in [0.15, 0.2) is 84.9 Å². The highest BCUT2D eigenvalue weighted by molar-refractivity contribution is 6.30. The van der Waals surface area contributed by atoms with Gasteiger partial charge in [0.2, 0.25) is 0 Å². The van der Waals surface area contributed by atoms with E-state index in [4.69, 9.17) is 16.3 Å². The van der Waals surface area contributed by atoms with Crippen LogP contribution in [0.2, 0.25) is 5.02 Å². The fourth-order valence-corrected chi connectivity index (χ4v) is 4.13. The molecule has 5 aromatic rings. The van der Waals surface area contributed by atoms with Crippen molar-refractivity contribution < 1.29 is 26.7 Å².